The fraction of sp³-hybridized carbons (Fsp3) is 0. The Bertz CT molecular complexity index is 771. The topological polar surface area (TPSA) is 304 Å². The van der Waals surface area contributed by atoms with E-state index < -0.39 is 32.2 Å². The van der Waals surface area contributed by atoms with E-state index in [4.69, 9.17) is 58.6 Å². The van der Waals surface area contributed by atoms with Gasteiger partial charge >= 0.3 is 91.9 Å². The van der Waals surface area contributed by atoms with E-state index in [0.717, 1.165) is 0 Å². The van der Waals surface area contributed by atoms with Gasteiger partial charge in [0, 0.05) is 24.8 Å². The van der Waals surface area contributed by atoms with Gasteiger partial charge in [-0.1, -0.05) is 0 Å². The van der Waals surface area contributed by atoms with Gasteiger partial charge in [0.15, 0.2) is 0 Å². The van der Waals surface area contributed by atoms with E-state index in [1.54, 1.807) is 12.1 Å². The van der Waals surface area contributed by atoms with Crippen LogP contribution in [0, 0.1) is 0 Å². The van der Waals surface area contributed by atoms with Gasteiger partial charge in [0.1, 0.15) is 0 Å². The Kier molecular flexibility index (Phi) is 31.0. The number of rotatable bonds is 0. The van der Waals surface area contributed by atoms with E-state index in [1.165, 1.54) is 24.8 Å². The largest absolute Gasteiger partial charge is 1.00 e. The second-order valence-electron chi connectivity index (χ2n) is 3.20. The molecule has 0 saturated heterocycles. The number of hydrogen-bond donors (Lipinski definition) is 6. The first-order chi connectivity index (χ1) is 12.5. The van der Waals surface area contributed by atoms with Crippen molar-refractivity contribution in [1.29, 1.82) is 0 Å². The van der Waals surface area contributed by atoms with Crippen molar-refractivity contribution in [2.45, 2.75) is 0 Å². The molecule has 30 heavy (non-hydrogen) atoms. The first kappa shape index (κ1) is 40.0. The zero-order chi connectivity index (χ0) is 22.8. The van der Waals surface area contributed by atoms with E-state index in [0.29, 0.717) is 0 Å². The molecule has 0 aliphatic rings. The predicted octanol–water partition coefficient (Wildman–Crippen LogP) is -7.94. The molecule has 17 nitrogen and oxygen atoms in total. The van der Waals surface area contributed by atoms with Crippen LogP contribution in [0.5, 0.6) is 12.0 Å². The summed E-state index contributed by atoms with van der Waals surface area (Å²) in [6.45, 7) is 0. The number of aromatic nitrogens is 4. The quantitative estimate of drug-likeness (QED) is 0.108. The zero-order valence-electron chi connectivity index (χ0n) is 15.0. The first-order valence-corrected chi connectivity index (χ1v) is 9.40. The van der Waals surface area contributed by atoms with Crippen LogP contribution in [0.4, 0.5) is 0 Å². The summed E-state index contributed by atoms with van der Waals surface area (Å²) in [6, 6.07) is 2.92. The van der Waals surface area contributed by atoms with Gasteiger partial charge in [-0.05, 0) is 12.1 Å². The normalized spacial score (nSPS) is 9.03. The third-order valence-electron chi connectivity index (χ3n) is 1.10. The Balaban J connectivity index is -0.0000000870. The van der Waals surface area contributed by atoms with E-state index in [9.17, 15) is 0 Å². The van der Waals surface area contributed by atoms with Crippen molar-refractivity contribution < 1.29 is 118 Å². The van der Waals surface area contributed by atoms with Crippen molar-refractivity contribution in [1.82, 2.24) is 19.9 Å². The molecule has 6 N–H and O–H groups in total. The smallest absolute Gasteiger partial charge is 0.784 e. The summed E-state index contributed by atoms with van der Waals surface area (Å²) in [5, 5.41) is 16.8. The summed E-state index contributed by atoms with van der Waals surface area (Å²) < 4.78 is 88.5. The third-order valence-corrected chi connectivity index (χ3v) is 1.10. The molecule has 2 aromatic heterocycles. The maximum absolute atomic E-state index is 8.74. The molecule has 162 valence electrons. The third kappa shape index (κ3) is 80.3. The van der Waals surface area contributed by atoms with Gasteiger partial charge in [-0.15, -0.1) is 11.4 Å². The maximum atomic E-state index is 8.74. The van der Waals surface area contributed by atoms with Crippen molar-refractivity contribution in [2.24, 2.45) is 0 Å². The van der Waals surface area contributed by atoms with E-state index in [2.05, 4.69) is 19.9 Å². The monoisotopic (exact) mass is 514 g/mol. The Morgan fingerprint density at radius 3 is 0.867 bits per heavy atom. The van der Waals surface area contributed by atoms with E-state index >= 15 is 0 Å². The van der Waals surface area contributed by atoms with E-state index in [-0.39, 0.29) is 71.1 Å². The molecule has 2 heterocycles. The van der Waals surface area contributed by atoms with Crippen LogP contribution in [0.3, 0.4) is 0 Å². The fourth-order valence-electron chi connectivity index (χ4n) is 0.582. The van der Waals surface area contributed by atoms with Crippen molar-refractivity contribution in [2.75, 3.05) is 0 Å². The first-order valence-electron chi connectivity index (χ1n) is 5.60. The molecule has 2 rings (SSSR count). The number of hydrogen-bond acceptors (Lipinski definition) is 13. The van der Waals surface area contributed by atoms with Gasteiger partial charge in [-0.3, -0.25) is 22.4 Å². The van der Waals surface area contributed by atoms with Crippen molar-refractivity contribution in [3.63, 3.8) is 0 Å². The van der Waals surface area contributed by atoms with E-state index in [1.807, 2.05) is 0 Å². The van der Waals surface area contributed by atoms with Crippen LogP contribution in [-0.4, -0.2) is 78.5 Å². The molecule has 0 radical (unpaired) electrons. The average molecular weight is 514 g/mol. The van der Waals surface area contributed by atoms with Crippen LogP contribution in [-0.2, 0) is 32.2 Å². The van der Waals surface area contributed by atoms with Gasteiger partial charge in [-0.25, -0.2) is 19.9 Å². The second-order valence-corrected chi connectivity index (χ2v) is 5.40. The van der Waals surface area contributed by atoms with Gasteiger partial charge in [-0.2, -0.15) is 16.8 Å². The van der Waals surface area contributed by atoms with Crippen LogP contribution < -0.4 is 59.1 Å². The second kappa shape index (κ2) is 23.2. The molecule has 2 aromatic rings. The molecule has 0 spiro atoms. The van der Waals surface area contributed by atoms with Crippen LogP contribution in [0.2, 0.25) is 0 Å². The molecule has 0 fully saturated rings. The Hall–Kier alpha value is -0.430. The fourth-order valence-corrected chi connectivity index (χ4v) is 0.582. The van der Waals surface area contributed by atoms with Gasteiger partial charge in [0.2, 0.25) is 0 Å². The average Bonchev–Trinajstić information content (AvgIpc) is 2.45. The number of nitrogens with zero attached hydrogens (tertiary/aromatic N) is 4. The number of aromatic hydroxyl groups is 2. The van der Waals surface area contributed by atoms with Crippen LogP contribution in [0.1, 0.15) is 0 Å². The SMILES string of the molecule is O=S(=O)(O)O.O=S(=O)(O)O.O=S([O-])[O-].Oc1ncccn1.Oc1ncccn1.[Na+].[Na+]. The predicted molar refractivity (Wildman–Crippen MR) is 85.4 cm³/mol. The molecule has 0 atom stereocenters. The van der Waals surface area contributed by atoms with Gasteiger partial charge in [0.05, 0.1) is 0 Å². The summed E-state index contributed by atoms with van der Waals surface area (Å²) in [4.78, 5) is 13.7. The summed E-state index contributed by atoms with van der Waals surface area (Å²) in [5.41, 5.74) is 0. The van der Waals surface area contributed by atoms with Gasteiger partial charge in [0.25, 0.3) is 0 Å². The molecule has 0 aliphatic carbocycles. The minimum absolute atomic E-state index is 0. The molecule has 0 saturated carbocycles. The Morgan fingerprint density at radius 1 is 0.667 bits per heavy atom. The summed E-state index contributed by atoms with van der Waals surface area (Å²) in [7, 11) is -9.33. The minimum atomic E-state index is -4.67. The van der Waals surface area contributed by atoms with Crippen LogP contribution in [0.25, 0.3) is 0 Å². The molecular formula is C8H12N4Na2O13S3. The minimum Gasteiger partial charge on any atom is -0.784 e. The molecule has 0 amide bonds. The van der Waals surface area contributed by atoms with Crippen molar-refractivity contribution in [3.05, 3.63) is 36.9 Å². The molecule has 0 aliphatic heterocycles. The molecule has 0 unspecified atom stereocenters. The maximum Gasteiger partial charge on any atom is 1.00 e. The van der Waals surface area contributed by atoms with Gasteiger partial charge < -0.3 is 19.3 Å². The molecule has 22 heteroatoms. The molecular weight excluding hydrogens is 502 g/mol. The van der Waals surface area contributed by atoms with Crippen LogP contribution >= 0.6 is 0 Å². The zero-order valence-corrected chi connectivity index (χ0v) is 21.5. The van der Waals surface area contributed by atoms with Crippen molar-refractivity contribution in [3.8, 4) is 12.0 Å². The summed E-state index contributed by atoms with van der Waals surface area (Å²) >= 11 is -3.11. The Morgan fingerprint density at radius 2 is 0.800 bits per heavy atom. The summed E-state index contributed by atoms with van der Waals surface area (Å²) in [6.07, 6.45) is 5.90. The summed E-state index contributed by atoms with van der Waals surface area (Å²) in [5.74, 6) is 0. The standard InChI is InChI=1S/2C4H4N2O.2Na.2H2O4S.H2O3S/c2*7-4-5-2-1-3-6-4;;;2*1-5(2,3)4;1-4(2)3/h2*1-3H,(H,5,6,7);;;2*(H2,1,2,3,4);(H2,1,2,3)/q;;2*+1;;;/p-2. The van der Waals surface area contributed by atoms with Crippen LogP contribution in [0.15, 0.2) is 36.9 Å². The van der Waals surface area contributed by atoms with Crippen molar-refractivity contribution >= 4 is 32.2 Å². The molecule has 0 bridgehead atoms. The molecule has 0 aromatic carbocycles. The Labute approximate surface area is 216 Å².